The molecule has 4 unspecified atom stereocenters. The van der Waals surface area contributed by atoms with Crippen LogP contribution in [0.1, 0.15) is 56.9 Å². The molecule has 3 N–H and O–H groups in total. The minimum atomic E-state index is -0.599. The summed E-state index contributed by atoms with van der Waals surface area (Å²) in [5, 5.41) is 5.40. The summed E-state index contributed by atoms with van der Waals surface area (Å²) in [5.74, 6) is 2.46. The number of nitrogens with one attached hydrogen (secondary N) is 3. The summed E-state index contributed by atoms with van der Waals surface area (Å²) in [6, 6.07) is 8.64. The topological polar surface area (TPSA) is 86.8 Å². The van der Waals surface area contributed by atoms with Crippen molar-refractivity contribution < 1.29 is 13.6 Å². The van der Waals surface area contributed by atoms with E-state index in [1.807, 2.05) is 19.2 Å². The SMILES string of the molecule is CC(CC(=O)N1CCCC2C(C3=NNNN3)CCCC21)c1cn(C)c2cccc(-c3ccc(F)o3)c12. The summed E-state index contributed by atoms with van der Waals surface area (Å²) in [5.41, 5.74) is 11.8. The number of hydrazone groups is 1. The normalized spacial score (nSPS) is 24.7. The molecule has 3 aliphatic rings. The lowest BCUT2D eigenvalue weighted by Gasteiger charge is -2.47. The number of fused-ring (bicyclic) bond motifs is 2. The molecule has 1 saturated heterocycles. The fraction of sp³-hybridized carbons (Fsp3) is 0.481. The Labute approximate surface area is 209 Å². The van der Waals surface area contributed by atoms with Gasteiger partial charge in [0.2, 0.25) is 5.91 Å². The number of hydrogen-bond donors (Lipinski definition) is 3. The summed E-state index contributed by atoms with van der Waals surface area (Å²) in [6.45, 7) is 2.94. The van der Waals surface area contributed by atoms with Gasteiger partial charge in [0.05, 0.1) is 0 Å². The number of benzene rings is 1. The molecule has 4 heterocycles. The highest BCUT2D eigenvalue weighted by atomic mass is 19.1. The lowest BCUT2D eigenvalue weighted by atomic mass is 9.70. The number of aromatic nitrogens is 1. The number of likely N-dealkylation sites (tertiary alicyclic amines) is 1. The molecule has 1 saturated carbocycles. The van der Waals surface area contributed by atoms with Crippen LogP contribution in [0.3, 0.4) is 0 Å². The zero-order chi connectivity index (χ0) is 24.8. The largest absolute Gasteiger partial charge is 0.431 e. The van der Waals surface area contributed by atoms with E-state index < -0.39 is 6.01 Å². The lowest BCUT2D eigenvalue weighted by molar-refractivity contribution is -0.138. The van der Waals surface area contributed by atoms with Crippen LogP contribution in [-0.2, 0) is 11.8 Å². The molecule has 1 amide bonds. The van der Waals surface area contributed by atoms with Crippen LogP contribution in [0.25, 0.3) is 22.2 Å². The quantitative estimate of drug-likeness (QED) is 0.491. The standard InChI is InChI=1S/C27H33FN6O2/c1-16(20-15-33(2)22-10-4-7-19(26(20)22)23-11-12-24(28)36-23)14-25(35)34-13-5-8-17-18(6-3-9-21(17)34)27-29-31-32-30-27/h4,7,10-12,15-18,21,31-32H,3,5-6,8-9,13-14H2,1-2H3,(H,29,30). The summed E-state index contributed by atoms with van der Waals surface area (Å²) in [7, 11) is 2.01. The zero-order valence-electron chi connectivity index (χ0n) is 20.8. The number of furan rings is 1. The van der Waals surface area contributed by atoms with E-state index in [0.29, 0.717) is 24.0 Å². The molecule has 3 aromatic rings. The molecular formula is C27H33FN6O2. The molecular weight excluding hydrogens is 459 g/mol. The molecule has 36 heavy (non-hydrogen) atoms. The van der Waals surface area contributed by atoms with Crippen LogP contribution in [0.15, 0.2) is 46.0 Å². The summed E-state index contributed by atoms with van der Waals surface area (Å²) >= 11 is 0. The van der Waals surface area contributed by atoms with Gasteiger partial charge in [0.1, 0.15) is 11.6 Å². The van der Waals surface area contributed by atoms with Crippen molar-refractivity contribution >= 4 is 22.6 Å². The number of carbonyl (C=O) groups excluding carboxylic acids is 1. The van der Waals surface area contributed by atoms with Gasteiger partial charge in [0.25, 0.3) is 6.01 Å². The highest BCUT2D eigenvalue weighted by Crippen LogP contribution is 2.41. The van der Waals surface area contributed by atoms with Crippen molar-refractivity contribution in [3.8, 4) is 11.3 Å². The molecule has 0 radical (unpaired) electrons. The van der Waals surface area contributed by atoms with Crippen molar-refractivity contribution in [1.29, 1.82) is 0 Å². The molecule has 2 aliphatic heterocycles. The molecule has 2 aromatic heterocycles. The van der Waals surface area contributed by atoms with Gasteiger partial charge >= 0.3 is 0 Å². The Kier molecular flexibility index (Phi) is 5.95. The van der Waals surface area contributed by atoms with Crippen LogP contribution in [-0.4, -0.2) is 33.8 Å². The summed E-state index contributed by atoms with van der Waals surface area (Å²) in [4.78, 5) is 15.9. The van der Waals surface area contributed by atoms with Crippen molar-refractivity contribution in [3.05, 3.63) is 48.1 Å². The van der Waals surface area contributed by atoms with E-state index in [9.17, 15) is 9.18 Å². The number of nitrogens with zero attached hydrogens (tertiary/aromatic N) is 3. The Balaban J connectivity index is 1.26. The molecule has 1 aromatic carbocycles. The van der Waals surface area contributed by atoms with E-state index >= 15 is 0 Å². The number of halogens is 1. The van der Waals surface area contributed by atoms with Gasteiger partial charge in [0, 0.05) is 60.7 Å². The smallest absolute Gasteiger partial charge is 0.278 e. The first-order chi connectivity index (χ1) is 17.5. The van der Waals surface area contributed by atoms with Gasteiger partial charge in [0.15, 0.2) is 0 Å². The second-order valence-electron chi connectivity index (χ2n) is 10.5. The maximum Gasteiger partial charge on any atom is 0.278 e. The van der Waals surface area contributed by atoms with Gasteiger partial charge in [-0.15, -0.1) is 10.6 Å². The Morgan fingerprint density at radius 3 is 2.89 bits per heavy atom. The fourth-order valence-electron chi connectivity index (χ4n) is 6.73. The molecule has 0 bridgehead atoms. The van der Waals surface area contributed by atoms with Crippen LogP contribution >= 0.6 is 0 Å². The molecule has 190 valence electrons. The van der Waals surface area contributed by atoms with Gasteiger partial charge in [-0.3, -0.25) is 10.2 Å². The number of hydrazine groups is 2. The predicted octanol–water partition coefficient (Wildman–Crippen LogP) is 4.40. The number of carbonyl (C=O) groups is 1. The molecule has 8 nitrogen and oxygen atoms in total. The van der Waals surface area contributed by atoms with Crippen LogP contribution in [0.2, 0.25) is 0 Å². The number of hydrogen-bond acceptors (Lipinski definition) is 6. The molecule has 6 rings (SSSR count). The predicted molar refractivity (Wildman–Crippen MR) is 136 cm³/mol. The van der Waals surface area contributed by atoms with E-state index in [2.05, 4.69) is 50.3 Å². The lowest BCUT2D eigenvalue weighted by Crippen LogP contribution is -2.54. The van der Waals surface area contributed by atoms with Crippen LogP contribution < -0.4 is 16.5 Å². The van der Waals surface area contributed by atoms with E-state index in [1.54, 1.807) is 6.07 Å². The Bertz CT molecular complexity index is 1310. The second kappa shape index (κ2) is 9.28. The minimum absolute atomic E-state index is 0.0104. The fourth-order valence-corrected chi connectivity index (χ4v) is 6.73. The Hall–Kier alpha value is -3.33. The molecule has 1 aliphatic carbocycles. The molecule has 0 spiro atoms. The van der Waals surface area contributed by atoms with Crippen LogP contribution in [0.4, 0.5) is 4.39 Å². The average Bonchev–Trinajstić information content (AvgIpc) is 3.64. The average molecular weight is 493 g/mol. The number of amidine groups is 1. The molecule has 9 heteroatoms. The number of piperidine rings is 1. The van der Waals surface area contributed by atoms with Crippen LogP contribution in [0.5, 0.6) is 0 Å². The number of amides is 1. The van der Waals surface area contributed by atoms with Gasteiger partial charge in [-0.25, -0.2) is 5.53 Å². The Morgan fingerprint density at radius 1 is 1.22 bits per heavy atom. The third kappa shape index (κ3) is 3.95. The van der Waals surface area contributed by atoms with Crippen molar-refractivity contribution in [2.45, 2.75) is 57.4 Å². The van der Waals surface area contributed by atoms with Crippen LogP contribution in [0, 0.1) is 17.8 Å². The first-order valence-electron chi connectivity index (χ1n) is 13.0. The zero-order valence-corrected chi connectivity index (χ0v) is 20.8. The number of aryl methyl sites for hydroxylation is 1. The van der Waals surface area contributed by atoms with E-state index in [-0.39, 0.29) is 17.9 Å². The van der Waals surface area contributed by atoms with Gasteiger partial charge < -0.3 is 13.9 Å². The minimum Gasteiger partial charge on any atom is -0.431 e. The monoisotopic (exact) mass is 492 g/mol. The van der Waals surface area contributed by atoms with Crippen molar-refractivity contribution in [1.82, 2.24) is 26.0 Å². The molecule has 2 fully saturated rings. The highest BCUT2D eigenvalue weighted by Gasteiger charge is 2.43. The third-order valence-electron chi connectivity index (χ3n) is 8.35. The van der Waals surface area contributed by atoms with Gasteiger partial charge in [-0.1, -0.05) is 25.5 Å². The highest BCUT2D eigenvalue weighted by molar-refractivity contribution is 5.97. The number of rotatable bonds is 5. The Morgan fingerprint density at radius 2 is 2.11 bits per heavy atom. The van der Waals surface area contributed by atoms with E-state index in [1.165, 1.54) is 6.07 Å². The first kappa shape index (κ1) is 23.1. The first-order valence-corrected chi connectivity index (χ1v) is 13.0. The van der Waals surface area contributed by atoms with E-state index in [0.717, 1.165) is 66.5 Å². The van der Waals surface area contributed by atoms with E-state index in [4.69, 9.17) is 4.42 Å². The third-order valence-corrected chi connectivity index (χ3v) is 8.35. The van der Waals surface area contributed by atoms with Gasteiger partial charge in [-0.2, -0.15) is 4.39 Å². The maximum atomic E-state index is 13.7. The van der Waals surface area contributed by atoms with Gasteiger partial charge in [-0.05, 0) is 55.2 Å². The van der Waals surface area contributed by atoms with Crippen molar-refractivity contribution in [2.75, 3.05) is 6.54 Å². The second-order valence-corrected chi connectivity index (χ2v) is 10.5. The van der Waals surface area contributed by atoms with Crippen molar-refractivity contribution in [2.24, 2.45) is 24.0 Å². The summed E-state index contributed by atoms with van der Waals surface area (Å²) < 4.78 is 21.1. The van der Waals surface area contributed by atoms with Crippen molar-refractivity contribution in [3.63, 3.8) is 0 Å². The summed E-state index contributed by atoms with van der Waals surface area (Å²) in [6.07, 6.45) is 7.94. The maximum absolute atomic E-state index is 13.7. The molecule has 4 atom stereocenters.